The minimum Gasteiger partial charge on any atom is -0.507 e. The largest absolute Gasteiger partial charge is 0.531 e. The second-order valence-corrected chi connectivity index (χ2v) is 5.13. The molecule has 4 heteroatoms. The van der Waals surface area contributed by atoms with Crippen molar-refractivity contribution in [3.63, 3.8) is 0 Å². The molecule has 1 saturated heterocycles. The Hall–Kier alpha value is -1.29. The van der Waals surface area contributed by atoms with Crippen LogP contribution >= 0.6 is 0 Å². The molecule has 0 amide bonds. The number of hydrogen-bond donors (Lipinski definition) is 0. The predicted molar refractivity (Wildman–Crippen MR) is 68.9 cm³/mol. The topological polar surface area (TPSA) is 35.5 Å². The molecule has 1 aromatic rings. The fourth-order valence-corrected chi connectivity index (χ4v) is 2.85. The van der Waals surface area contributed by atoms with Gasteiger partial charge >= 0.3 is 13.1 Å². The van der Waals surface area contributed by atoms with Gasteiger partial charge in [-0.25, -0.2) is 0 Å². The zero-order chi connectivity index (χ0) is 12.4. The SMILES string of the molecule is O=C1OB(C2CCCCC2)OC1c1ccccc1. The van der Waals surface area contributed by atoms with Gasteiger partial charge in [-0.3, -0.25) is 4.79 Å². The van der Waals surface area contributed by atoms with E-state index in [-0.39, 0.29) is 13.1 Å². The van der Waals surface area contributed by atoms with E-state index in [4.69, 9.17) is 9.31 Å². The van der Waals surface area contributed by atoms with Gasteiger partial charge in [0.1, 0.15) is 0 Å². The molecule has 1 aliphatic heterocycles. The van der Waals surface area contributed by atoms with Gasteiger partial charge in [-0.1, -0.05) is 62.4 Å². The smallest absolute Gasteiger partial charge is 0.507 e. The van der Waals surface area contributed by atoms with Crippen LogP contribution in [0.3, 0.4) is 0 Å². The quantitative estimate of drug-likeness (QED) is 0.749. The third-order valence-corrected chi connectivity index (χ3v) is 3.85. The third-order valence-electron chi connectivity index (χ3n) is 3.85. The van der Waals surface area contributed by atoms with Gasteiger partial charge in [-0.05, 0) is 5.56 Å². The van der Waals surface area contributed by atoms with Crippen LogP contribution in [0.15, 0.2) is 30.3 Å². The second-order valence-electron chi connectivity index (χ2n) is 5.13. The van der Waals surface area contributed by atoms with Crippen molar-refractivity contribution >= 4 is 13.1 Å². The fourth-order valence-electron chi connectivity index (χ4n) is 2.85. The summed E-state index contributed by atoms with van der Waals surface area (Å²) >= 11 is 0. The molecule has 2 fully saturated rings. The van der Waals surface area contributed by atoms with Gasteiger partial charge in [-0.2, -0.15) is 0 Å². The Bertz CT molecular complexity index is 414. The summed E-state index contributed by atoms with van der Waals surface area (Å²) in [6.07, 6.45) is 5.42. The molecule has 0 spiro atoms. The van der Waals surface area contributed by atoms with E-state index in [2.05, 4.69) is 0 Å². The molecule has 1 saturated carbocycles. The Morgan fingerprint density at radius 1 is 1.06 bits per heavy atom. The van der Waals surface area contributed by atoms with Crippen LogP contribution in [-0.4, -0.2) is 13.1 Å². The summed E-state index contributed by atoms with van der Waals surface area (Å²) in [7, 11) is -0.331. The van der Waals surface area contributed by atoms with E-state index in [1.54, 1.807) is 0 Å². The minimum atomic E-state index is -0.530. The number of benzene rings is 1. The Kier molecular flexibility index (Phi) is 3.37. The molecule has 0 bridgehead atoms. The molecule has 0 N–H and O–H groups in total. The normalized spacial score (nSPS) is 25.2. The van der Waals surface area contributed by atoms with Gasteiger partial charge in [0, 0.05) is 5.82 Å². The van der Waals surface area contributed by atoms with Gasteiger partial charge in [0.15, 0.2) is 6.10 Å². The molecule has 0 aromatic heterocycles. The van der Waals surface area contributed by atoms with Gasteiger partial charge in [0.05, 0.1) is 0 Å². The molecular formula is C14H17BO3. The number of hydrogen-bond acceptors (Lipinski definition) is 3. The van der Waals surface area contributed by atoms with Crippen molar-refractivity contribution in [1.29, 1.82) is 0 Å². The first-order valence-corrected chi connectivity index (χ1v) is 6.75. The number of carbonyl (C=O) groups excluding carboxylic acids is 1. The molecule has 3 rings (SSSR count). The predicted octanol–water partition coefficient (Wildman–Crippen LogP) is 3.12. The third kappa shape index (κ3) is 2.30. The molecule has 1 unspecified atom stereocenters. The average Bonchev–Trinajstić information content (AvgIpc) is 2.83. The highest BCUT2D eigenvalue weighted by Crippen LogP contribution is 2.38. The van der Waals surface area contributed by atoms with Crippen LogP contribution in [0.4, 0.5) is 0 Å². The molecule has 3 nitrogen and oxygen atoms in total. The van der Waals surface area contributed by atoms with E-state index in [1.807, 2.05) is 30.3 Å². The lowest BCUT2D eigenvalue weighted by Gasteiger charge is -2.21. The molecule has 94 valence electrons. The molecular weight excluding hydrogens is 227 g/mol. The van der Waals surface area contributed by atoms with Crippen LogP contribution in [0, 0.1) is 0 Å². The summed E-state index contributed by atoms with van der Waals surface area (Å²) in [5.74, 6) is 0.146. The molecule has 18 heavy (non-hydrogen) atoms. The first kappa shape index (κ1) is 11.8. The first-order valence-electron chi connectivity index (χ1n) is 6.75. The number of rotatable bonds is 2. The van der Waals surface area contributed by atoms with E-state index < -0.39 is 6.10 Å². The van der Waals surface area contributed by atoms with Crippen molar-refractivity contribution in [1.82, 2.24) is 0 Å². The van der Waals surface area contributed by atoms with Gasteiger partial charge in [-0.15, -0.1) is 0 Å². The van der Waals surface area contributed by atoms with Crippen LogP contribution < -0.4 is 0 Å². The summed E-state index contributed by atoms with van der Waals surface area (Å²) in [5.41, 5.74) is 0.890. The second kappa shape index (κ2) is 5.15. The summed E-state index contributed by atoms with van der Waals surface area (Å²) < 4.78 is 11.2. The molecule has 1 atom stereocenters. The van der Waals surface area contributed by atoms with Crippen LogP contribution in [-0.2, 0) is 14.1 Å². The lowest BCUT2D eigenvalue weighted by molar-refractivity contribution is -0.136. The first-order chi connectivity index (χ1) is 8.84. The zero-order valence-corrected chi connectivity index (χ0v) is 10.4. The summed E-state index contributed by atoms with van der Waals surface area (Å²) in [6.45, 7) is 0. The monoisotopic (exact) mass is 244 g/mol. The molecule has 1 aliphatic carbocycles. The Balaban J connectivity index is 1.70. The van der Waals surface area contributed by atoms with Crippen molar-refractivity contribution in [2.75, 3.05) is 0 Å². The van der Waals surface area contributed by atoms with Crippen molar-refractivity contribution in [3.05, 3.63) is 35.9 Å². The highest BCUT2D eigenvalue weighted by atomic mass is 16.7. The Morgan fingerprint density at radius 3 is 2.50 bits per heavy atom. The molecule has 0 radical (unpaired) electrons. The zero-order valence-electron chi connectivity index (χ0n) is 10.4. The average molecular weight is 244 g/mol. The molecule has 1 heterocycles. The van der Waals surface area contributed by atoms with Gasteiger partial charge in [0.2, 0.25) is 0 Å². The van der Waals surface area contributed by atoms with Crippen LogP contribution in [0.5, 0.6) is 0 Å². The van der Waals surface area contributed by atoms with E-state index >= 15 is 0 Å². The minimum absolute atomic E-state index is 0.239. The van der Waals surface area contributed by atoms with E-state index in [9.17, 15) is 4.79 Å². The van der Waals surface area contributed by atoms with Crippen LogP contribution in [0.2, 0.25) is 5.82 Å². The maximum atomic E-state index is 11.9. The summed E-state index contributed by atoms with van der Waals surface area (Å²) in [5, 5.41) is 0. The van der Waals surface area contributed by atoms with Crippen LogP contribution in [0.1, 0.15) is 43.8 Å². The lowest BCUT2D eigenvalue weighted by Crippen LogP contribution is -2.24. The fraction of sp³-hybridized carbons (Fsp3) is 0.500. The highest BCUT2D eigenvalue weighted by molar-refractivity contribution is 6.50. The van der Waals surface area contributed by atoms with Gasteiger partial charge < -0.3 is 9.31 Å². The van der Waals surface area contributed by atoms with E-state index in [1.165, 1.54) is 19.3 Å². The molecule has 2 aliphatic rings. The van der Waals surface area contributed by atoms with Crippen molar-refractivity contribution < 1.29 is 14.1 Å². The summed E-state index contributed by atoms with van der Waals surface area (Å²) in [6, 6.07) is 9.59. The van der Waals surface area contributed by atoms with E-state index in [0.29, 0.717) is 5.82 Å². The maximum absolute atomic E-state index is 11.9. The van der Waals surface area contributed by atoms with Gasteiger partial charge in [0.25, 0.3) is 0 Å². The maximum Gasteiger partial charge on any atom is 0.531 e. The van der Waals surface area contributed by atoms with Crippen molar-refractivity contribution in [2.24, 2.45) is 0 Å². The van der Waals surface area contributed by atoms with Crippen LogP contribution in [0.25, 0.3) is 0 Å². The van der Waals surface area contributed by atoms with Crippen molar-refractivity contribution in [3.8, 4) is 0 Å². The Morgan fingerprint density at radius 2 is 1.78 bits per heavy atom. The standard InChI is InChI=1S/C14H17BO3/c16-14-13(11-7-3-1-4-8-11)17-15(18-14)12-9-5-2-6-10-12/h1,3-4,7-8,12-13H,2,5-6,9-10H2. The summed E-state index contributed by atoms with van der Waals surface area (Å²) in [4.78, 5) is 11.9. The Labute approximate surface area is 108 Å². The lowest BCUT2D eigenvalue weighted by atomic mass is 9.65. The van der Waals surface area contributed by atoms with Crippen molar-refractivity contribution in [2.45, 2.75) is 44.0 Å². The highest BCUT2D eigenvalue weighted by Gasteiger charge is 2.45. The number of carbonyl (C=O) groups is 1. The molecule has 1 aromatic carbocycles. The van der Waals surface area contributed by atoms with E-state index in [0.717, 1.165) is 18.4 Å².